The zero-order valence-electron chi connectivity index (χ0n) is 13.8. The zero-order chi connectivity index (χ0) is 17.7. The van der Waals surface area contributed by atoms with Crippen LogP contribution in [0.25, 0.3) is 0 Å². The van der Waals surface area contributed by atoms with Gasteiger partial charge in [0.15, 0.2) is 11.9 Å². The monoisotopic (exact) mass is 334 g/mol. The third-order valence-corrected chi connectivity index (χ3v) is 3.64. The van der Waals surface area contributed by atoms with Gasteiger partial charge in [-0.2, -0.15) is 0 Å². The second-order valence-corrected chi connectivity index (χ2v) is 5.58. The highest BCUT2D eigenvalue weighted by Crippen LogP contribution is 2.34. The third-order valence-electron chi connectivity index (χ3n) is 3.64. The van der Waals surface area contributed by atoms with Gasteiger partial charge in [0.2, 0.25) is 0 Å². The third kappa shape index (κ3) is 4.35. The lowest BCUT2D eigenvalue weighted by atomic mass is 9.96. The van der Waals surface area contributed by atoms with Gasteiger partial charge in [-0.25, -0.2) is 0 Å². The fourth-order valence-corrected chi connectivity index (χ4v) is 2.48. The number of epoxide rings is 1. The molecule has 0 saturated carbocycles. The Labute approximate surface area is 140 Å². The van der Waals surface area contributed by atoms with Crippen molar-refractivity contribution in [3.8, 4) is 11.5 Å². The van der Waals surface area contributed by atoms with E-state index in [1.807, 2.05) is 12.2 Å². The van der Waals surface area contributed by atoms with Crippen LogP contribution in [0.4, 0.5) is 0 Å². The Morgan fingerprint density at radius 3 is 2.71 bits per heavy atom. The number of ketones is 1. The van der Waals surface area contributed by atoms with E-state index in [1.165, 1.54) is 6.07 Å². The zero-order valence-corrected chi connectivity index (χ0v) is 13.8. The lowest BCUT2D eigenvalue weighted by Gasteiger charge is -2.10. The van der Waals surface area contributed by atoms with Gasteiger partial charge in [-0.05, 0) is 25.0 Å². The first kappa shape index (κ1) is 18.0. The molecule has 1 heterocycles. The second-order valence-electron chi connectivity index (χ2n) is 5.58. The molecule has 0 aromatic heterocycles. The van der Waals surface area contributed by atoms with Crippen molar-refractivity contribution >= 4 is 11.8 Å². The molecular weight excluding hydrogens is 312 g/mol. The van der Waals surface area contributed by atoms with E-state index < -0.39 is 17.9 Å². The smallest absolute Gasteiger partial charge is 0.310 e. The van der Waals surface area contributed by atoms with Crippen molar-refractivity contribution in [1.29, 1.82) is 0 Å². The van der Waals surface area contributed by atoms with E-state index in [2.05, 4.69) is 6.92 Å². The Hall–Kier alpha value is -2.34. The van der Waals surface area contributed by atoms with Crippen LogP contribution in [0.1, 0.15) is 42.6 Å². The topological polar surface area (TPSA) is 96.4 Å². The summed E-state index contributed by atoms with van der Waals surface area (Å²) < 4.78 is 10.2. The first-order chi connectivity index (χ1) is 11.5. The second kappa shape index (κ2) is 7.97. The number of hydrogen-bond donors (Lipinski definition) is 2. The molecule has 1 aromatic rings. The van der Waals surface area contributed by atoms with E-state index >= 15 is 0 Å². The molecule has 0 amide bonds. The number of phenols is 2. The van der Waals surface area contributed by atoms with E-state index in [1.54, 1.807) is 6.92 Å². The Balaban J connectivity index is 2.19. The highest BCUT2D eigenvalue weighted by atomic mass is 16.6. The quantitative estimate of drug-likeness (QED) is 0.328. The molecule has 1 aliphatic rings. The van der Waals surface area contributed by atoms with E-state index in [-0.39, 0.29) is 41.8 Å². The number of allylic oxidation sites excluding steroid dienone is 1. The summed E-state index contributed by atoms with van der Waals surface area (Å²) in [5.74, 6) is -1.53. The van der Waals surface area contributed by atoms with Crippen molar-refractivity contribution in [3.05, 3.63) is 35.4 Å². The molecule has 1 aromatic carbocycles. The number of benzene rings is 1. The number of carbonyl (C=O) groups excluding carboxylic acids is 2. The summed E-state index contributed by atoms with van der Waals surface area (Å²) in [7, 11) is 0. The van der Waals surface area contributed by atoms with Crippen LogP contribution in [0.5, 0.6) is 11.5 Å². The highest BCUT2D eigenvalue weighted by Gasteiger charge is 2.44. The molecule has 0 aliphatic carbocycles. The minimum Gasteiger partial charge on any atom is -0.508 e. The van der Waals surface area contributed by atoms with Gasteiger partial charge >= 0.3 is 5.97 Å². The van der Waals surface area contributed by atoms with Crippen LogP contribution < -0.4 is 0 Å². The summed E-state index contributed by atoms with van der Waals surface area (Å²) in [6.45, 7) is 3.94. The van der Waals surface area contributed by atoms with Crippen molar-refractivity contribution < 1.29 is 29.3 Å². The molecule has 2 rings (SSSR count). The van der Waals surface area contributed by atoms with Gasteiger partial charge in [0.25, 0.3) is 0 Å². The van der Waals surface area contributed by atoms with Gasteiger partial charge in [0, 0.05) is 6.07 Å². The Kier molecular flexibility index (Phi) is 5.98. The summed E-state index contributed by atoms with van der Waals surface area (Å²) in [5.41, 5.74) is 0.222. The summed E-state index contributed by atoms with van der Waals surface area (Å²) in [6.07, 6.45) is 4.49. The average molecular weight is 334 g/mol. The average Bonchev–Trinajstić information content (AvgIpc) is 3.26. The summed E-state index contributed by atoms with van der Waals surface area (Å²) in [5, 5.41) is 19.7. The summed E-state index contributed by atoms with van der Waals surface area (Å²) in [4.78, 5) is 24.3. The predicted molar refractivity (Wildman–Crippen MR) is 87.1 cm³/mol. The fraction of sp³-hybridized carbons (Fsp3) is 0.444. The first-order valence-corrected chi connectivity index (χ1v) is 8.04. The maximum Gasteiger partial charge on any atom is 0.310 e. The van der Waals surface area contributed by atoms with Crippen molar-refractivity contribution in [1.82, 2.24) is 0 Å². The minimum atomic E-state index is -0.672. The van der Waals surface area contributed by atoms with Gasteiger partial charge in [0.1, 0.15) is 17.6 Å². The number of hydrogen-bond acceptors (Lipinski definition) is 6. The molecule has 0 spiro atoms. The molecule has 6 nitrogen and oxygen atoms in total. The van der Waals surface area contributed by atoms with Gasteiger partial charge in [-0.15, -0.1) is 0 Å². The number of carbonyl (C=O) groups is 2. The standard InChI is InChI=1S/C18H22O6/c1-3-5-6-7-14-18(24-14)17(22)16-11(9-15(21)23-4-2)8-12(19)10-13(16)20/h6-8,10,14,18-20H,3-5,9H2,1-2H3/b7-6+. The van der Waals surface area contributed by atoms with E-state index in [0.29, 0.717) is 0 Å². The fourth-order valence-electron chi connectivity index (χ4n) is 2.48. The molecule has 1 aliphatic heterocycles. The Morgan fingerprint density at radius 2 is 2.04 bits per heavy atom. The maximum atomic E-state index is 12.6. The molecule has 2 atom stereocenters. The molecule has 130 valence electrons. The van der Waals surface area contributed by atoms with Crippen LogP contribution in [0, 0.1) is 0 Å². The molecule has 2 unspecified atom stereocenters. The molecule has 0 bridgehead atoms. The van der Waals surface area contributed by atoms with Crippen LogP contribution >= 0.6 is 0 Å². The van der Waals surface area contributed by atoms with Crippen LogP contribution in [0.15, 0.2) is 24.3 Å². The Morgan fingerprint density at radius 1 is 1.29 bits per heavy atom. The molecular formula is C18H22O6. The molecule has 6 heteroatoms. The summed E-state index contributed by atoms with van der Waals surface area (Å²) >= 11 is 0. The van der Waals surface area contributed by atoms with Gasteiger partial charge in [-0.3, -0.25) is 9.59 Å². The van der Waals surface area contributed by atoms with Gasteiger partial charge < -0.3 is 19.7 Å². The normalized spacial score (nSPS) is 19.4. The molecule has 0 radical (unpaired) electrons. The lowest BCUT2D eigenvalue weighted by Crippen LogP contribution is -2.16. The summed E-state index contributed by atoms with van der Waals surface area (Å²) in [6, 6.07) is 2.36. The van der Waals surface area contributed by atoms with Crippen LogP contribution in [0.3, 0.4) is 0 Å². The lowest BCUT2D eigenvalue weighted by molar-refractivity contribution is -0.142. The van der Waals surface area contributed by atoms with Crippen molar-refractivity contribution in [2.24, 2.45) is 0 Å². The number of phenolic OH excluding ortho intramolecular Hbond substituents is 2. The number of aromatic hydroxyl groups is 2. The van der Waals surface area contributed by atoms with Crippen LogP contribution in [0.2, 0.25) is 0 Å². The largest absolute Gasteiger partial charge is 0.508 e. The highest BCUT2D eigenvalue weighted by molar-refractivity contribution is 6.05. The SMILES string of the molecule is CCC/C=C/C1OC1C(=O)c1c(O)cc(O)cc1CC(=O)OCC. The predicted octanol–water partition coefficient (Wildman–Crippen LogP) is 2.51. The number of ether oxygens (including phenoxy) is 2. The van der Waals surface area contributed by atoms with Crippen LogP contribution in [-0.4, -0.2) is 40.8 Å². The number of esters is 1. The maximum absolute atomic E-state index is 12.6. The van der Waals surface area contributed by atoms with E-state index in [4.69, 9.17) is 9.47 Å². The van der Waals surface area contributed by atoms with E-state index in [0.717, 1.165) is 18.9 Å². The Bertz CT molecular complexity index is 649. The van der Waals surface area contributed by atoms with Crippen molar-refractivity contribution in [2.45, 2.75) is 45.3 Å². The van der Waals surface area contributed by atoms with E-state index in [9.17, 15) is 19.8 Å². The molecule has 24 heavy (non-hydrogen) atoms. The van der Waals surface area contributed by atoms with Crippen molar-refractivity contribution in [3.63, 3.8) is 0 Å². The van der Waals surface area contributed by atoms with Crippen LogP contribution in [-0.2, 0) is 20.7 Å². The minimum absolute atomic E-state index is 0.00255. The number of unbranched alkanes of at least 4 members (excludes halogenated alkanes) is 1. The van der Waals surface area contributed by atoms with Gasteiger partial charge in [-0.1, -0.05) is 25.5 Å². The molecule has 2 N–H and O–H groups in total. The molecule has 1 saturated heterocycles. The van der Waals surface area contributed by atoms with Gasteiger partial charge in [0.05, 0.1) is 18.6 Å². The molecule has 1 fully saturated rings. The first-order valence-electron chi connectivity index (χ1n) is 8.04. The number of rotatable bonds is 8. The van der Waals surface area contributed by atoms with Crippen molar-refractivity contribution in [2.75, 3.05) is 6.61 Å². The number of Topliss-reactive ketones (excluding diaryl/α,β-unsaturated/α-hetero) is 1.